The molecule has 0 amide bonds. The summed E-state index contributed by atoms with van der Waals surface area (Å²) < 4.78 is 0. The Morgan fingerprint density at radius 2 is 2.00 bits per heavy atom. The third-order valence-corrected chi connectivity index (χ3v) is 4.73. The molecule has 4 nitrogen and oxygen atoms in total. The van der Waals surface area contributed by atoms with Crippen LogP contribution in [0.5, 0.6) is 0 Å². The molecule has 1 aromatic heterocycles. The number of hydrogen-bond donors (Lipinski definition) is 2. The second kappa shape index (κ2) is 5.37. The first-order valence-electron chi connectivity index (χ1n) is 7.38. The fourth-order valence-corrected chi connectivity index (χ4v) is 3.63. The Morgan fingerprint density at radius 3 is 2.68 bits per heavy atom. The number of fused-ring (bicyclic) bond motifs is 2. The van der Waals surface area contributed by atoms with Gasteiger partial charge in [0, 0.05) is 43.1 Å². The molecule has 2 aliphatic rings. The molecule has 0 spiro atoms. The Morgan fingerprint density at radius 1 is 1.26 bits per heavy atom. The molecule has 1 aromatic rings. The number of nitrogens with one attached hydrogen (secondary N) is 2. The van der Waals surface area contributed by atoms with E-state index in [9.17, 15) is 0 Å². The molecule has 0 aliphatic carbocycles. The molecule has 3 rings (SSSR count). The largest absolute Gasteiger partial charge is 0.382 e. The van der Waals surface area contributed by atoms with Crippen molar-refractivity contribution in [1.82, 2.24) is 9.88 Å². The third-order valence-electron chi connectivity index (χ3n) is 4.73. The number of rotatable bonds is 3. The SMILES string of the molecule is CNc1cc(NC2CC3CCCC(C2)N3C)ccn1. The minimum Gasteiger partial charge on any atom is -0.382 e. The van der Waals surface area contributed by atoms with Gasteiger partial charge in [-0.15, -0.1) is 0 Å². The average molecular weight is 260 g/mol. The van der Waals surface area contributed by atoms with Crippen LogP contribution in [0.1, 0.15) is 32.1 Å². The summed E-state index contributed by atoms with van der Waals surface area (Å²) in [6.07, 6.45) is 8.54. The van der Waals surface area contributed by atoms with Crippen molar-refractivity contribution in [1.29, 1.82) is 0 Å². The number of hydrogen-bond acceptors (Lipinski definition) is 4. The summed E-state index contributed by atoms with van der Waals surface area (Å²) in [6, 6.07) is 6.31. The summed E-state index contributed by atoms with van der Waals surface area (Å²) in [5.74, 6) is 0.929. The van der Waals surface area contributed by atoms with Crippen LogP contribution in [-0.4, -0.2) is 42.1 Å². The van der Waals surface area contributed by atoms with Crippen molar-refractivity contribution in [3.63, 3.8) is 0 Å². The van der Waals surface area contributed by atoms with Crippen molar-refractivity contribution in [2.75, 3.05) is 24.7 Å². The fraction of sp³-hybridized carbons (Fsp3) is 0.667. The van der Waals surface area contributed by atoms with Gasteiger partial charge in [0.15, 0.2) is 0 Å². The zero-order valence-corrected chi connectivity index (χ0v) is 11.9. The van der Waals surface area contributed by atoms with E-state index in [1.54, 1.807) is 0 Å². The maximum atomic E-state index is 4.26. The van der Waals surface area contributed by atoms with Crippen LogP contribution in [0.2, 0.25) is 0 Å². The summed E-state index contributed by atoms with van der Waals surface area (Å²) >= 11 is 0. The van der Waals surface area contributed by atoms with Crippen molar-refractivity contribution < 1.29 is 0 Å². The van der Waals surface area contributed by atoms with E-state index in [4.69, 9.17) is 0 Å². The van der Waals surface area contributed by atoms with Gasteiger partial charge in [0.2, 0.25) is 0 Å². The highest BCUT2D eigenvalue weighted by Crippen LogP contribution is 2.33. The maximum Gasteiger partial charge on any atom is 0.127 e. The average Bonchev–Trinajstić information content (AvgIpc) is 2.40. The molecular weight excluding hydrogens is 236 g/mol. The zero-order chi connectivity index (χ0) is 13.2. The molecule has 4 heteroatoms. The lowest BCUT2D eigenvalue weighted by Crippen LogP contribution is -2.52. The topological polar surface area (TPSA) is 40.2 Å². The highest BCUT2D eigenvalue weighted by molar-refractivity contribution is 5.52. The van der Waals surface area contributed by atoms with Gasteiger partial charge in [-0.05, 0) is 38.8 Å². The summed E-state index contributed by atoms with van der Waals surface area (Å²) in [5.41, 5.74) is 1.19. The van der Waals surface area contributed by atoms with Crippen LogP contribution in [0.25, 0.3) is 0 Å². The molecule has 2 fully saturated rings. The zero-order valence-electron chi connectivity index (χ0n) is 11.9. The van der Waals surface area contributed by atoms with Gasteiger partial charge in [0.05, 0.1) is 0 Å². The van der Waals surface area contributed by atoms with Gasteiger partial charge in [-0.1, -0.05) is 6.42 Å². The maximum absolute atomic E-state index is 4.26. The molecule has 2 bridgehead atoms. The van der Waals surface area contributed by atoms with Crippen LogP contribution in [0.15, 0.2) is 18.3 Å². The van der Waals surface area contributed by atoms with E-state index in [-0.39, 0.29) is 0 Å². The van der Waals surface area contributed by atoms with Gasteiger partial charge in [-0.3, -0.25) is 0 Å². The van der Waals surface area contributed by atoms with Crippen LogP contribution in [-0.2, 0) is 0 Å². The first kappa shape index (κ1) is 12.7. The normalized spacial score (nSPS) is 30.9. The van der Waals surface area contributed by atoms with E-state index in [1.165, 1.54) is 37.8 Å². The molecule has 2 N–H and O–H groups in total. The summed E-state index contributed by atoms with van der Waals surface area (Å²) in [6.45, 7) is 0. The number of piperidine rings is 2. The monoisotopic (exact) mass is 260 g/mol. The second-order valence-corrected chi connectivity index (χ2v) is 5.90. The fourth-order valence-electron chi connectivity index (χ4n) is 3.63. The van der Waals surface area contributed by atoms with Crippen LogP contribution < -0.4 is 10.6 Å². The van der Waals surface area contributed by atoms with E-state index in [2.05, 4.69) is 39.7 Å². The van der Waals surface area contributed by atoms with E-state index < -0.39 is 0 Å². The van der Waals surface area contributed by atoms with Crippen molar-refractivity contribution in [3.8, 4) is 0 Å². The number of nitrogens with zero attached hydrogens (tertiary/aromatic N) is 2. The van der Waals surface area contributed by atoms with Gasteiger partial charge in [-0.2, -0.15) is 0 Å². The van der Waals surface area contributed by atoms with Gasteiger partial charge in [-0.25, -0.2) is 4.98 Å². The molecule has 2 unspecified atom stereocenters. The molecule has 2 atom stereocenters. The Kier molecular flexibility index (Phi) is 3.60. The predicted octanol–water partition coefficient (Wildman–Crippen LogP) is 2.55. The Balaban J connectivity index is 1.67. The molecule has 3 heterocycles. The number of pyridine rings is 1. The standard InChI is InChI=1S/C15H24N4/c1-16-15-10-11(6-7-17-15)18-12-8-13-4-3-5-14(9-12)19(13)2/h6-7,10,12-14H,3-5,8-9H2,1-2H3,(H2,16,17,18). The summed E-state index contributed by atoms with van der Waals surface area (Å²) in [5, 5.41) is 6.79. The molecule has 2 aliphatic heterocycles. The molecule has 0 aromatic carbocycles. The minimum absolute atomic E-state index is 0.610. The van der Waals surface area contributed by atoms with Crippen LogP contribution in [0.3, 0.4) is 0 Å². The molecule has 0 saturated carbocycles. The van der Waals surface area contributed by atoms with E-state index in [0.29, 0.717) is 6.04 Å². The van der Waals surface area contributed by atoms with Crippen LogP contribution in [0.4, 0.5) is 11.5 Å². The van der Waals surface area contributed by atoms with Crippen molar-refractivity contribution in [2.24, 2.45) is 0 Å². The summed E-state index contributed by atoms with van der Waals surface area (Å²) in [4.78, 5) is 6.87. The molecule has 104 valence electrons. The molecule has 0 radical (unpaired) electrons. The Hall–Kier alpha value is -1.29. The first-order valence-corrected chi connectivity index (χ1v) is 7.38. The highest BCUT2D eigenvalue weighted by atomic mass is 15.2. The Labute approximate surface area is 115 Å². The van der Waals surface area contributed by atoms with Gasteiger partial charge in [0.1, 0.15) is 5.82 Å². The van der Waals surface area contributed by atoms with Crippen molar-refractivity contribution in [2.45, 2.75) is 50.2 Å². The molecule has 19 heavy (non-hydrogen) atoms. The Bertz CT molecular complexity index is 420. The molecule has 2 saturated heterocycles. The minimum atomic E-state index is 0.610. The lowest BCUT2D eigenvalue weighted by Gasteiger charge is -2.47. The smallest absolute Gasteiger partial charge is 0.127 e. The quantitative estimate of drug-likeness (QED) is 0.876. The first-order chi connectivity index (χ1) is 9.26. The third kappa shape index (κ3) is 2.68. The van der Waals surface area contributed by atoms with Crippen LogP contribution in [0, 0.1) is 0 Å². The van der Waals surface area contributed by atoms with Crippen LogP contribution >= 0.6 is 0 Å². The van der Waals surface area contributed by atoms with Gasteiger partial charge in [0.25, 0.3) is 0 Å². The van der Waals surface area contributed by atoms with Crippen molar-refractivity contribution >= 4 is 11.5 Å². The lowest BCUT2D eigenvalue weighted by atomic mass is 9.82. The highest BCUT2D eigenvalue weighted by Gasteiger charge is 2.35. The van der Waals surface area contributed by atoms with Gasteiger partial charge < -0.3 is 15.5 Å². The molecular formula is C15H24N4. The summed E-state index contributed by atoms with van der Waals surface area (Å²) in [7, 11) is 4.21. The number of aromatic nitrogens is 1. The van der Waals surface area contributed by atoms with E-state index in [0.717, 1.165) is 17.9 Å². The number of anilines is 2. The van der Waals surface area contributed by atoms with E-state index in [1.807, 2.05) is 13.2 Å². The second-order valence-electron chi connectivity index (χ2n) is 5.90. The van der Waals surface area contributed by atoms with E-state index >= 15 is 0 Å². The predicted molar refractivity (Wildman–Crippen MR) is 79.6 cm³/mol. The lowest BCUT2D eigenvalue weighted by molar-refractivity contribution is 0.0608. The van der Waals surface area contributed by atoms with Gasteiger partial charge >= 0.3 is 0 Å². The van der Waals surface area contributed by atoms with Crippen molar-refractivity contribution in [3.05, 3.63) is 18.3 Å².